The van der Waals surface area contributed by atoms with Crippen LogP contribution in [0.4, 0.5) is 0 Å². The van der Waals surface area contributed by atoms with Crippen molar-refractivity contribution >= 4 is 17.4 Å². The average molecular weight is 398 g/mol. The minimum Gasteiger partial charge on any atom is -0.507 e. The maximum atomic E-state index is 13.0. The number of aliphatic hydroxyl groups excluding tert-OH is 1. The molecule has 0 saturated carbocycles. The summed E-state index contributed by atoms with van der Waals surface area (Å²) in [4.78, 5) is 31.5. The highest BCUT2D eigenvalue weighted by atomic mass is 16.3. The minimum atomic E-state index is -0.676. The molecule has 0 bridgehead atoms. The largest absolute Gasteiger partial charge is 0.507 e. The number of carbonyl (C=O) groups is 2. The molecular weight excluding hydrogens is 376 g/mol. The highest BCUT2D eigenvalue weighted by Crippen LogP contribution is 2.40. The number of rotatable bonds is 5. The molecule has 2 heterocycles. The van der Waals surface area contributed by atoms with Gasteiger partial charge in [-0.05, 0) is 35.2 Å². The number of aromatic nitrogens is 1. The number of amides is 1. The third kappa shape index (κ3) is 3.62. The maximum Gasteiger partial charge on any atom is 0.295 e. The number of pyridine rings is 1. The Bertz CT molecular complexity index is 1090. The first-order chi connectivity index (χ1) is 14.6. The second-order valence-electron chi connectivity index (χ2n) is 7.24. The summed E-state index contributed by atoms with van der Waals surface area (Å²) in [5.74, 6) is -1.47. The first-order valence-electron chi connectivity index (χ1n) is 9.91. The van der Waals surface area contributed by atoms with E-state index in [1.807, 2.05) is 54.6 Å². The summed E-state index contributed by atoms with van der Waals surface area (Å²) in [6.45, 7) is 2.35. The van der Waals surface area contributed by atoms with Gasteiger partial charge in [0.15, 0.2) is 0 Å². The van der Waals surface area contributed by atoms with Gasteiger partial charge in [-0.2, -0.15) is 0 Å². The number of hydrogen-bond acceptors (Lipinski definition) is 4. The van der Waals surface area contributed by atoms with Crippen molar-refractivity contribution < 1.29 is 14.7 Å². The topological polar surface area (TPSA) is 70.5 Å². The van der Waals surface area contributed by atoms with Crippen molar-refractivity contribution in [3.8, 4) is 0 Å². The maximum absolute atomic E-state index is 13.0. The number of Topliss-reactive ketones (excluding diaryl/α,β-unsaturated/α-hetero) is 1. The molecule has 1 N–H and O–H groups in total. The van der Waals surface area contributed by atoms with Gasteiger partial charge in [-0.3, -0.25) is 14.6 Å². The molecule has 1 unspecified atom stereocenters. The van der Waals surface area contributed by atoms with Gasteiger partial charge in [-0.1, -0.05) is 61.5 Å². The summed E-state index contributed by atoms with van der Waals surface area (Å²) in [5, 5.41) is 11.0. The Kier molecular flexibility index (Phi) is 5.44. The van der Waals surface area contributed by atoms with Crippen LogP contribution < -0.4 is 0 Å². The molecule has 4 rings (SSSR count). The Labute approximate surface area is 175 Å². The van der Waals surface area contributed by atoms with Crippen LogP contribution in [0.2, 0.25) is 0 Å². The van der Waals surface area contributed by atoms with Crippen LogP contribution in [0, 0.1) is 0 Å². The zero-order valence-corrected chi connectivity index (χ0v) is 16.7. The van der Waals surface area contributed by atoms with Crippen LogP contribution in [0.25, 0.3) is 5.76 Å². The molecule has 1 fully saturated rings. The van der Waals surface area contributed by atoms with Crippen molar-refractivity contribution in [3.63, 3.8) is 0 Å². The molecule has 1 atom stereocenters. The normalized spacial score (nSPS) is 18.0. The fourth-order valence-electron chi connectivity index (χ4n) is 3.77. The van der Waals surface area contributed by atoms with Crippen molar-refractivity contribution in [2.75, 3.05) is 0 Å². The summed E-state index contributed by atoms with van der Waals surface area (Å²) < 4.78 is 0. The zero-order chi connectivity index (χ0) is 21.1. The molecule has 3 aromatic rings. The summed E-state index contributed by atoms with van der Waals surface area (Å²) in [6.07, 6.45) is 3.97. The van der Waals surface area contributed by atoms with Crippen LogP contribution in [-0.4, -0.2) is 26.7 Å². The van der Waals surface area contributed by atoms with Gasteiger partial charge in [-0.25, -0.2) is 0 Å². The third-order valence-corrected chi connectivity index (χ3v) is 5.39. The van der Waals surface area contributed by atoms with Crippen molar-refractivity contribution in [1.82, 2.24) is 9.88 Å². The lowest BCUT2D eigenvalue weighted by atomic mass is 9.94. The van der Waals surface area contributed by atoms with Crippen LogP contribution >= 0.6 is 0 Å². The van der Waals surface area contributed by atoms with Crippen molar-refractivity contribution in [2.24, 2.45) is 0 Å². The van der Waals surface area contributed by atoms with E-state index in [-0.39, 0.29) is 17.9 Å². The van der Waals surface area contributed by atoms with E-state index in [2.05, 4.69) is 11.9 Å². The van der Waals surface area contributed by atoms with Gasteiger partial charge >= 0.3 is 0 Å². The molecule has 2 aromatic carbocycles. The monoisotopic (exact) mass is 398 g/mol. The lowest BCUT2D eigenvalue weighted by Crippen LogP contribution is -2.29. The molecular formula is C25H22N2O3. The minimum absolute atomic E-state index is 0.103. The van der Waals surface area contributed by atoms with Gasteiger partial charge < -0.3 is 10.0 Å². The first-order valence-corrected chi connectivity index (χ1v) is 9.91. The number of benzene rings is 2. The fourth-order valence-corrected chi connectivity index (χ4v) is 3.77. The quantitative estimate of drug-likeness (QED) is 0.396. The predicted octanol–water partition coefficient (Wildman–Crippen LogP) is 4.27. The molecule has 1 aliphatic heterocycles. The highest BCUT2D eigenvalue weighted by molar-refractivity contribution is 6.46. The average Bonchev–Trinajstić information content (AvgIpc) is 3.05. The SMILES string of the molecule is CCc1ccc(C2/C(=C(\O)c3ccncc3)C(=O)C(=O)N2Cc2ccccc2)cc1. The molecule has 0 aliphatic carbocycles. The van der Waals surface area contributed by atoms with E-state index in [9.17, 15) is 14.7 Å². The Morgan fingerprint density at radius 1 is 0.933 bits per heavy atom. The molecule has 5 heteroatoms. The van der Waals surface area contributed by atoms with E-state index in [1.165, 1.54) is 4.90 Å². The van der Waals surface area contributed by atoms with Crippen LogP contribution in [0.3, 0.4) is 0 Å². The zero-order valence-electron chi connectivity index (χ0n) is 16.7. The Morgan fingerprint density at radius 3 is 2.23 bits per heavy atom. The molecule has 150 valence electrons. The van der Waals surface area contributed by atoms with Gasteiger partial charge in [-0.15, -0.1) is 0 Å². The molecule has 0 radical (unpaired) electrons. The number of carbonyl (C=O) groups excluding carboxylic acids is 2. The number of likely N-dealkylation sites (tertiary alicyclic amines) is 1. The van der Waals surface area contributed by atoms with Crippen LogP contribution in [0.1, 0.15) is 35.2 Å². The summed E-state index contributed by atoms with van der Waals surface area (Å²) in [7, 11) is 0. The van der Waals surface area contributed by atoms with E-state index < -0.39 is 17.7 Å². The van der Waals surface area contributed by atoms with Gasteiger partial charge in [0, 0.05) is 24.5 Å². The van der Waals surface area contributed by atoms with Gasteiger partial charge in [0.2, 0.25) is 0 Å². The summed E-state index contributed by atoms with van der Waals surface area (Å²) in [5.41, 5.74) is 3.42. The summed E-state index contributed by atoms with van der Waals surface area (Å²) >= 11 is 0. The smallest absolute Gasteiger partial charge is 0.295 e. The molecule has 1 saturated heterocycles. The molecule has 1 aromatic heterocycles. The van der Waals surface area contributed by atoms with Crippen molar-refractivity contribution in [3.05, 3.63) is 107 Å². The van der Waals surface area contributed by atoms with Gasteiger partial charge in [0.25, 0.3) is 11.7 Å². The van der Waals surface area contributed by atoms with Crippen molar-refractivity contribution in [1.29, 1.82) is 0 Å². The van der Waals surface area contributed by atoms with E-state index in [0.29, 0.717) is 5.56 Å². The van der Waals surface area contributed by atoms with E-state index in [4.69, 9.17) is 0 Å². The lowest BCUT2D eigenvalue weighted by Gasteiger charge is -2.25. The number of ketones is 1. The third-order valence-electron chi connectivity index (χ3n) is 5.39. The van der Waals surface area contributed by atoms with Gasteiger partial charge in [0.05, 0.1) is 11.6 Å². The molecule has 0 spiro atoms. The number of aryl methyl sites for hydroxylation is 1. The predicted molar refractivity (Wildman–Crippen MR) is 114 cm³/mol. The Balaban J connectivity index is 1.85. The van der Waals surface area contributed by atoms with Gasteiger partial charge in [0.1, 0.15) is 5.76 Å². The van der Waals surface area contributed by atoms with E-state index >= 15 is 0 Å². The van der Waals surface area contributed by atoms with Crippen LogP contribution in [0.15, 0.2) is 84.7 Å². The van der Waals surface area contributed by atoms with E-state index in [0.717, 1.165) is 23.1 Å². The summed E-state index contributed by atoms with van der Waals surface area (Å²) in [6, 6.07) is 19.9. The Morgan fingerprint density at radius 2 is 1.60 bits per heavy atom. The standard InChI is InChI=1S/C25H22N2O3/c1-2-17-8-10-19(11-9-17)22-21(23(28)20-12-14-26-15-13-20)24(29)25(30)27(22)16-18-6-4-3-5-7-18/h3-15,22,28H,2,16H2,1H3/b23-21+. The van der Waals surface area contributed by atoms with E-state index in [1.54, 1.807) is 24.5 Å². The Hall–Kier alpha value is -3.73. The second-order valence-corrected chi connectivity index (χ2v) is 7.24. The fraction of sp³-hybridized carbons (Fsp3) is 0.160. The molecule has 30 heavy (non-hydrogen) atoms. The van der Waals surface area contributed by atoms with Crippen molar-refractivity contribution in [2.45, 2.75) is 25.9 Å². The lowest BCUT2D eigenvalue weighted by molar-refractivity contribution is -0.140. The molecule has 5 nitrogen and oxygen atoms in total. The first kappa shape index (κ1) is 19.6. The molecule has 1 amide bonds. The van der Waals surface area contributed by atoms with Crippen LogP contribution in [0.5, 0.6) is 0 Å². The second kappa shape index (κ2) is 8.33. The number of hydrogen-bond donors (Lipinski definition) is 1. The number of aliphatic hydroxyl groups is 1. The number of nitrogens with zero attached hydrogens (tertiary/aromatic N) is 2. The highest BCUT2D eigenvalue weighted by Gasteiger charge is 2.46. The molecule has 1 aliphatic rings. The van der Waals surface area contributed by atoms with Crippen LogP contribution in [-0.2, 0) is 22.6 Å².